The van der Waals surface area contributed by atoms with E-state index >= 15 is 0 Å². The smallest absolute Gasteiger partial charge is 0.0747 e. The van der Waals surface area contributed by atoms with Crippen LogP contribution in [0.5, 0.6) is 0 Å². The third-order valence-electron chi connectivity index (χ3n) is 3.34. The Morgan fingerprint density at radius 2 is 1.85 bits per heavy atom. The van der Waals surface area contributed by atoms with Gasteiger partial charge in [0.2, 0.25) is 0 Å². The number of aliphatic hydroxyl groups excluding tert-OH is 2. The van der Waals surface area contributed by atoms with Crippen LogP contribution in [0.15, 0.2) is 42.5 Å². The molecule has 0 aromatic heterocycles. The highest BCUT2D eigenvalue weighted by atomic mass is 16.5. The highest BCUT2D eigenvalue weighted by Gasteiger charge is 2.11. The van der Waals surface area contributed by atoms with E-state index in [2.05, 4.69) is 0 Å². The lowest BCUT2D eigenvalue weighted by atomic mass is 10.00. The predicted molar refractivity (Wildman–Crippen MR) is 81.3 cm³/mol. The van der Waals surface area contributed by atoms with Crippen molar-refractivity contribution in [3.05, 3.63) is 48.0 Å². The van der Waals surface area contributed by atoms with Gasteiger partial charge in [-0.3, -0.25) is 0 Å². The van der Waals surface area contributed by atoms with Gasteiger partial charge in [0.15, 0.2) is 0 Å². The van der Waals surface area contributed by atoms with Crippen LogP contribution < -0.4 is 0 Å². The molecule has 20 heavy (non-hydrogen) atoms. The summed E-state index contributed by atoms with van der Waals surface area (Å²) in [6.45, 7) is 5.27. The van der Waals surface area contributed by atoms with Crippen molar-refractivity contribution in [1.29, 1.82) is 0 Å². The van der Waals surface area contributed by atoms with Gasteiger partial charge in [0.05, 0.1) is 12.7 Å². The zero-order valence-corrected chi connectivity index (χ0v) is 12.4. The molecule has 0 heterocycles. The van der Waals surface area contributed by atoms with Crippen molar-refractivity contribution in [2.45, 2.75) is 33.0 Å². The number of hydrogen-bond donors (Lipinski definition) is 2. The molecule has 1 aromatic carbocycles. The molecule has 0 aliphatic carbocycles. The number of benzene rings is 1. The summed E-state index contributed by atoms with van der Waals surface area (Å²) in [5, 5.41) is 18.9. The molecular weight excluding hydrogens is 252 g/mol. The summed E-state index contributed by atoms with van der Waals surface area (Å²) in [6, 6.07) is 10.1. The number of ether oxygens (including phenoxy) is 1. The Morgan fingerprint density at radius 1 is 1.15 bits per heavy atom. The van der Waals surface area contributed by atoms with Crippen LogP contribution in [0, 0.1) is 11.8 Å². The molecule has 2 N–H and O–H groups in total. The molecule has 3 atom stereocenters. The number of rotatable bonds is 9. The van der Waals surface area contributed by atoms with E-state index < -0.39 is 6.10 Å². The summed E-state index contributed by atoms with van der Waals surface area (Å²) in [7, 11) is 0. The van der Waals surface area contributed by atoms with Crippen molar-refractivity contribution in [1.82, 2.24) is 0 Å². The van der Waals surface area contributed by atoms with Crippen LogP contribution in [0.4, 0.5) is 0 Å². The fraction of sp³-hybridized carbons (Fsp3) is 0.529. The zero-order valence-electron chi connectivity index (χ0n) is 12.4. The first-order valence-corrected chi connectivity index (χ1v) is 7.22. The minimum Gasteiger partial charge on any atom is -0.396 e. The molecule has 0 fully saturated rings. The van der Waals surface area contributed by atoms with Gasteiger partial charge in [-0.25, -0.2) is 0 Å². The van der Waals surface area contributed by atoms with Gasteiger partial charge in [0, 0.05) is 13.2 Å². The van der Waals surface area contributed by atoms with Crippen LogP contribution in [0.1, 0.15) is 25.8 Å². The third-order valence-corrected chi connectivity index (χ3v) is 3.34. The van der Waals surface area contributed by atoms with E-state index in [0.717, 1.165) is 12.0 Å². The first-order chi connectivity index (χ1) is 9.63. The molecule has 3 nitrogen and oxygen atoms in total. The van der Waals surface area contributed by atoms with Crippen molar-refractivity contribution >= 4 is 0 Å². The van der Waals surface area contributed by atoms with Crippen molar-refractivity contribution in [3.8, 4) is 0 Å². The lowest BCUT2D eigenvalue weighted by Crippen LogP contribution is -2.17. The predicted octanol–water partition coefficient (Wildman–Crippen LogP) is 2.77. The maximum atomic E-state index is 9.95. The van der Waals surface area contributed by atoms with Crippen LogP contribution in [0.2, 0.25) is 0 Å². The topological polar surface area (TPSA) is 49.7 Å². The standard InChI is InChI=1S/C17H26O3/c1-14(12-18)8-9-17(19)15(2)10-11-20-13-16-6-4-3-5-7-16/h3-9,14-15,17-19H,10-13H2,1-2H3/b9-8+/t14-,15+,17?/m0/s1. The van der Waals surface area contributed by atoms with Crippen LogP contribution in [0.3, 0.4) is 0 Å². The second-order valence-corrected chi connectivity index (χ2v) is 5.34. The third kappa shape index (κ3) is 6.85. The highest BCUT2D eigenvalue weighted by molar-refractivity contribution is 5.13. The number of aliphatic hydroxyl groups is 2. The van der Waals surface area contributed by atoms with Gasteiger partial charge in [0.25, 0.3) is 0 Å². The fourth-order valence-electron chi connectivity index (χ4n) is 1.76. The minimum atomic E-state index is -0.482. The molecule has 0 bridgehead atoms. The Bertz CT molecular complexity index is 375. The summed E-state index contributed by atoms with van der Waals surface area (Å²) in [5.74, 6) is 0.235. The Morgan fingerprint density at radius 3 is 2.50 bits per heavy atom. The van der Waals surface area contributed by atoms with E-state index in [9.17, 15) is 5.11 Å². The normalized spacial score (nSPS) is 16.2. The van der Waals surface area contributed by atoms with Gasteiger partial charge in [-0.1, -0.05) is 56.3 Å². The lowest BCUT2D eigenvalue weighted by molar-refractivity contribution is 0.0833. The second-order valence-electron chi connectivity index (χ2n) is 5.34. The fourth-order valence-corrected chi connectivity index (χ4v) is 1.76. The molecule has 1 unspecified atom stereocenters. The molecule has 3 heteroatoms. The number of hydrogen-bond acceptors (Lipinski definition) is 3. The summed E-state index contributed by atoms with van der Waals surface area (Å²) in [6.07, 6.45) is 3.95. The van der Waals surface area contributed by atoms with E-state index in [-0.39, 0.29) is 18.4 Å². The zero-order chi connectivity index (χ0) is 14.8. The largest absolute Gasteiger partial charge is 0.396 e. The van der Waals surface area contributed by atoms with Gasteiger partial charge >= 0.3 is 0 Å². The SMILES string of the molecule is C[C@H](CCOCc1ccccc1)C(O)/C=C/[C@H](C)CO. The Labute approximate surface area is 121 Å². The molecule has 0 saturated carbocycles. The molecule has 1 rings (SSSR count). The second kappa shape index (κ2) is 9.70. The molecule has 112 valence electrons. The van der Waals surface area contributed by atoms with E-state index in [4.69, 9.17) is 9.84 Å². The highest BCUT2D eigenvalue weighted by Crippen LogP contribution is 2.11. The van der Waals surface area contributed by atoms with Crippen molar-refractivity contribution in [3.63, 3.8) is 0 Å². The molecule has 0 saturated heterocycles. The van der Waals surface area contributed by atoms with Crippen molar-refractivity contribution in [2.75, 3.05) is 13.2 Å². The molecular formula is C17H26O3. The Balaban J connectivity index is 2.19. The maximum absolute atomic E-state index is 9.95. The molecule has 1 aromatic rings. The van der Waals surface area contributed by atoms with E-state index in [0.29, 0.717) is 13.2 Å². The first kappa shape index (κ1) is 16.9. The van der Waals surface area contributed by atoms with Gasteiger partial charge in [-0.05, 0) is 23.8 Å². The molecule has 0 radical (unpaired) electrons. The molecule has 0 amide bonds. The van der Waals surface area contributed by atoms with Gasteiger partial charge in [0.1, 0.15) is 0 Å². The Kier molecular flexibility index (Phi) is 8.19. The summed E-state index contributed by atoms with van der Waals surface area (Å²) < 4.78 is 5.61. The summed E-state index contributed by atoms with van der Waals surface area (Å²) in [4.78, 5) is 0. The van der Waals surface area contributed by atoms with Gasteiger partial charge in [-0.2, -0.15) is 0 Å². The van der Waals surface area contributed by atoms with Crippen molar-refractivity contribution in [2.24, 2.45) is 11.8 Å². The monoisotopic (exact) mass is 278 g/mol. The lowest BCUT2D eigenvalue weighted by Gasteiger charge is -2.16. The maximum Gasteiger partial charge on any atom is 0.0747 e. The minimum absolute atomic E-state index is 0.0891. The van der Waals surface area contributed by atoms with E-state index in [1.807, 2.05) is 50.3 Å². The average molecular weight is 278 g/mol. The molecule has 0 aliphatic rings. The first-order valence-electron chi connectivity index (χ1n) is 7.22. The molecule has 0 spiro atoms. The van der Waals surface area contributed by atoms with Crippen molar-refractivity contribution < 1.29 is 14.9 Å². The van der Waals surface area contributed by atoms with Crippen LogP contribution in [0.25, 0.3) is 0 Å². The van der Waals surface area contributed by atoms with Crippen LogP contribution in [-0.4, -0.2) is 29.5 Å². The average Bonchev–Trinajstić information content (AvgIpc) is 2.49. The van der Waals surface area contributed by atoms with E-state index in [1.54, 1.807) is 6.08 Å². The van der Waals surface area contributed by atoms with Gasteiger partial charge in [-0.15, -0.1) is 0 Å². The van der Waals surface area contributed by atoms with Gasteiger partial charge < -0.3 is 14.9 Å². The quantitative estimate of drug-likeness (QED) is 0.539. The van der Waals surface area contributed by atoms with E-state index in [1.165, 1.54) is 0 Å². The summed E-state index contributed by atoms with van der Waals surface area (Å²) >= 11 is 0. The Hall–Kier alpha value is -1.16. The van der Waals surface area contributed by atoms with Crippen LogP contribution >= 0.6 is 0 Å². The molecule has 0 aliphatic heterocycles. The van der Waals surface area contributed by atoms with Crippen LogP contribution in [-0.2, 0) is 11.3 Å². The summed E-state index contributed by atoms with van der Waals surface area (Å²) in [5.41, 5.74) is 1.16.